The number of anilines is 1. The number of rotatable bonds is 5. The van der Waals surface area contributed by atoms with Crippen molar-refractivity contribution in [2.45, 2.75) is 25.8 Å². The third-order valence-corrected chi connectivity index (χ3v) is 4.68. The molecule has 1 aromatic carbocycles. The number of hydrogen-bond acceptors (Lipinski definition) is 6. The molecule has 0 spiro atoms. The zero-order valence-corrected chi connectivity index (χ0v) is 15.2. The fraction of sp³-hybridized carbons (Fsp3) is 0.444. The lowest BCUT2D eigenvalue weighted by Crippen LogP contribution is -2.45. The average Bonchev–Trinajstić information content (AvgIpc) is 2.65. The van der Waals surface area contributed by atoms with E-state index in [0.717, 1.165) is 31.6 Å². The second-order valence-corrected chi connectivity index (χ2v) is 6.20. The molecule has 0 aliphatic carbocycles. The highest BCUT2D eigenvalue weighted by molar-refractivity contribution is 5.88. The third-order valence-electron chi connectivity index (χ3n) is 4.68. The van der Waals surface area contributed by atoms with Gasteiger partial charge in [-0.25, -0.2) is 4.79 Å². The molecule has 140 valence electrons. The molecule has 1 heterocycles. The summed E-state index contributed by atoms with van der Waals surface area (Å²) in [5.41, 5.74) is 1.13. The molecule has 1 aliphatic rings. The van der Waals surface area contributed by atoms with Crippen molar-refractivity contribution in [3.63, 3.8) is 0 Å². The summed E-state index contributed by atoms with van der Waals surface area (Å²) in [5, 5.41) is 11.2. The second kappa shape index (κ2) is 8.46. The Labute approximate surface area is 152 Å². The minimum absolute atomic E-state index is 0.0500. The lowest BCUT2D eigenvalue weighted by Gasteiger charge is -2.37. The first-order chi connectivity index (χ1) is 12.3. The fourth-order valence-electron chi connectivity index (χ4n) is 3.03. The van der Waals surface area contributed by atoms with Crippen molar-refractivity contribution in [1.29, 1.82) is 0 Å². The van der Waals surface area contributed by atoms with Crippen molar-refractivity contribution in [2.75, 3.05) is 32.1 Å². The maximum Gasteiger partial charge on any atom is 0.330 e. The Morgan fingerprint density at radius 2 is 2.00 bits per heavy atom. The highest BCUT2D eigenvalue weighted by Crippen LogP contribution is 2.28. The first-order valence-electron chi connectivity index (χ1n) is 8.36. The van der Waals surface area contributed by atoms with E-state index in [0.29, 0.717) is 5.56 Å². The number of hydrogen-bond donors (Lipinski definition) is 0. The van der Waals surface area contributed by atoms with E-state index in [4.69, 9.17) is 0 Å². The Kier molecular flexibility index (Phi) is 6.32. The van der Waals surface area contributed by atoms with Crippen LogP contribution in [0.3, 0.4) is 0 Å². The van der Waals surface area contributed by atoms with Crippen molar-refractivity contribution in [3.05, 3.63) is 40.0 Å². The number of esters is 1. The molecule has 0 atom stereocenters. The topological polar surface area (TPSA) is 93.0 Å². The summed E-state index contributed by atoms with van der Waals surface area (Å²) in [6, 6.07) is 5.07. The summed E-state index contributed by atoms with van der Waals surface area (Å²) in [6.07, 6.45) is 4.23. The Balaban J connectivity index is 2.18. The maximum absolute atomic E-state index is 11.5. The fourth-order valence-corrected chi connectivity index (χ4v) is 3.03. The molecule has 1 amide bonds. The monoisotopic (exact) mass is 361 g/mol. The van der Waals surface area contributed by atoms with E-state index in [2.05, 4.69) is 9.64 Å². The molecule has 0 aromatic heterocycles. The number of benzene rings is 1. The number of nitro groups is 1. The highest BCUT2D eigenvalue weighted by atomic mass is 16.6. The third kappa shape index (κ3) is 4.59. The standard InChI is InChI=1S/C18H23N3O5/c1-13(22)19(2)15-8-10-20(11-9-15)16-5-6-17(21(24)25)14(12-16)4-7-18(23)26-3/h4-7,12,15H,8-11H2,1-3H3. The van der Waals surface area contributed by atoms with Gasteiger partial charge >= 0.3 is 5.97 Å². The van der Waals surface area contributed by atoms with E-state index in [-0.39, 0.29) is 17.6 Å². The van der Waals surface area contributed by atoms with Gasteiger partial charge in [-0.05, 0) is 31.1 Å². The first kappa shape index (κ1) is 19.4. The molecule has 1 fully saturated rings. The summed E-state index contributed by atoms with van der Waals surface area (Å²) in [5.74, 6) is -0.521. The zero-order chi connectivity index (χ0) is 19.3. The van der Waals surface area contributed by atoms with E-state index < -0.39 is 10.9 Å². The van der Waals surface area contributed by atoms with Crippen LogP contribution in [0.25, 0.3) is 6.08 Å². The number of carbonyl (C=O) groups excluding carboxylic acids is 2. The Morgan fingerprint density at radius 1 is 1.35 bits per heavy atom. The van der Waals surface area contributed by atoms with Crippen molar-refractivity contribution < 1.29 is 19.2 Å². The van der Waals surface area contributed by atoms with Crippen molar-refractivity contribution in [1.82, 2.24) is 4.90 Å². The van der Waals surface area contributed by atoms with Crippen LogP contribution >= 0.6 is 0 Å². The molecule has 1 saturated heterocycles. The minimum Gasteiger partial charge on any atom is -0.466 e. The molecule has 26 heavy (non-hydrogen) atoms. The quantitative estimate of drug-likeness (QED) is 0.346. The van der Waals surface area contributed by atoms with Crippen LogP contribution in [-0.2, 0) is 14.3 Å². The summed E-state index contributed by atoms with van der Waals surface area (Å²) in [6.45, 7) is 3.06. The first-order valence-corrected chi connectivity index (χ1v) is 8.36. The normalized spacial score (nSPS) is 15.1. The van der Waals surface area contributed by atoms with Gasteiger partial charge in [-0.2, -0.15) is 0 Å². The van der Waals surface area contributed by atoms with Crippen molar-refractivity contribution in [2.24, 2.45) is 0 Å². The Morgan fingerprint density at radius 3 is 2.54 bits per heavy atom. The van der Waals surface area contributed by atoms with E-state index in [1.54, 1.807) is 24.0 Å². The molecule has 0 unspecified atom stereocenters. The largest absolute Gasteiger partial charge is 0.466 e. The number of nitro benzene ring substituents is 1. The summed E-state index contributed by atoms with van der Waals surface area (Å²) in [4.78, 5) is 37.4. The minimum atomic E-state index is -0.571. The SMILES string of the molecule is COC(=O)C=Cc1cc(N2CCC(N(C)C(C)=O)CC2)ccc1[N+](=O)[O-]. The van der Waals surface area contributed by atoms with Crippen LogP contribution in [0.5, 0.6) is 0 Å². The van der Waals surface area contributed by atoms with E-state index in [9.17, 15) is 19.7 Å². The van der Waals surface area contributed by atoms with Crippen LogP contribution in [0.1, 0.15) is 25.3 Å². The molecule has 2 rings (SSSR count). The van der Waals surface area contributed by atoms with Gasteiger partial charge in [0, 0.05) is 50.9 Å². The van der Waals surface area contributed by atoms with E-state index in [1.807, 2.05) is 7.05 Å². The lowest BCUT2D eigenvalue weighted by atomic mass is 10.0. The number of piperidine rings is 1. The number of ether oxygens (including phenoxy) is 1. The number of carbonyl (C=O) groups is 2. The van der Waals surface area contributed by atoms with Crippen molar-refractivity contribution >= 4 is 29.3 Å². The summed E-state index contributed by atoms with van der Waals surface area (Å²) >= 11 is 0. The number of amides is 1. The predicted octanol–water partition coefficient (Wildman–Crippen LogP) is 2.23. The van der Waals surface area contributed by atoms with Gasteiger partial charge in [-0.1, -0.05) is 0 Å². The molecule has 8 nitrogen and oxygen atoms in total. The van der Waals surface area contributed by atoms with Crippen LogP contribution in [0.2, 0.25) is 0 Å². The summed E-state index contributed by atoms with van der Waals surface area (Å²) in [7, 11) is 3.06. The van der Waals surface area contributed by atoms with Gasteiger partial charge in [-0.15, -0.1) is 0 Å². The molecular weight excluding hydrogens is 338 g/mol. The summed E-state index contributed by atoms with van der Waals surface area (Å²) < 4.78 is 4.53. The van der Waals surface area contributed by atoms with Crippen LogP contribution in [-0.4, -0.2) is 55.0 Å². The molecule has 8 heteroatoms. The molecule has 1 aromatic rings. The number of nitrogens with zero attached hydrogens (tertiary/aromatic N) is 3. The van der Waals surface area contributed by atoms with Gasteiger partial charge in [0.1, 0.15) is 0 Å². The van der Waals surface area contributed by atoms with Gasteiger partial charge in [0.2, 0.25) is 5.91 Å². The van der Waals surface area contributed by atoms with Crippen LogP contribution < -0.4 is 4.90 Å². The molecular formula is C18H23N3O5. The zero-order valence-electron chi connectivity index (χ0n) is 15.2. The van der Waals surface area contributed by atoms with Gasteiger partial charge in [0.05, 0.1) is 17.6 Å². The van der Waals surface area contributed by atoms with Crippen LogP contribution in [0, 0.1) is 10.1 Å². The smallest absolute Gasteiger partial charge is 0.330 e. The Bertz CT molecular complexity index is 724. The molecule has 0 bridgehead atoms. The van der Waals surface area contributed by atoms with E-state index in [1.165, 1.54) is 25.3 Å². The molecule has 0 N–H and O–H groups in total. The molecule has 0 radical (unpaired) electrons. The average molecular weight is 361 g/mol. The van der Waals surface area contributed by atoms with Crippen LogP contribution in [0.4, 0.5) is 11.4 Å². The Hall–Kier alpha value is -2.90. The highest BCUT2D eigenvalue weighted by Gasteiger charge is 2.24. The molecule has 0 saturated carbocycles. The lowest BCUT2D eigenvalue weighted by molar-refractivity contribution is -0.385. The van der Waals surface area contributed by atoms with E-state index >= 15 is 0 Å². The maximum atomic E-state index is 11.5. The number of methoxy groups -OCH3 is 1. The van der Waals surface area contributed by atoms with Gasteiger partial charge in [0.25, 0.3) is 5.69 Å². The second-order valence-electron chi connectivity index (χ2n) is 6.20. The van der Waals surface area contributed by atoms with Gasteiger partial charge in [0.15, 0.2) is 0 Å². The van der Waals surface area contributed by atoms with Crippen LogP contribution in [0.15, 0.2) is 24.3 Å². The van der Waals surface area contributed by atoms with Crippen molar-refractivity contribution in [3.8, 4) is 0 Å². The van der Waals surface area contributed by atoms with Gasteiger partial charge < -0.3 is 14.5 Å². The predicted molar refractivity (Wildman–Crippen MR) is 97.8 cm³/mol. The molecule has 1 aliphatic heterocycles. The van der Waals surface area contributed by atoms with Gasteiger partial charge in [-0.3, -0.25) is 14.9 Å².